The van der Waals surface area contributed by atoms with E-state index < -0.39 is 0 Å². The molecule has 0 spiro atoms. The van der Waals surface area contributed by atoms with Crippen molar-refractivity contribution >= 4 is 0 Å². The van der Waals surface area contributed by atoms with Crippen molar-refractivity contribution in [1.82, 2.24) is 10.2 Å². The van der Waals surface area contributed by atoms with Crippen LogP contribution in [0.2, 0.25) is 0 Å². The van der Waals surface area contributed by atoms with Gasteiger partial charge in [-0.25, -0.2) is 0 Å². The molecule has 0 unspecified atom stereocenters. The Labute approximate surface area is 40.3 Å². The maximum Gasteiger partial charge on any atom is 0.240 e. The topological polar surface area (TPSA) is 37.9 Å². The van der Waals surface area contributed by atoms with Gasteiger partial charge >= 0.3 is 0 Å². The van der Waals surface area contributed by atoms with E-state index in [1.54, 1.807) is 0 Å². The summed E-state index contributed by atoms with van der Waals surface area (Å²) in [6.45, 7) is 0.672. The van der Waals surface area contributed by atoms with E-state index in [1.807, 2.05) is 0 Å². The molecule has 0 saturated heterocycles. The quantitative estimate of drug-likeness (QED) is 0.496. The fourth-order valence-electron chi connectivity index (χ4n) is 0.544. The molecule has 3 nitrogen and oxygen atoms in total. The third-order valence-electron chi connectivity index (χ3n) is 0.976. The van der Waals surface area contributed by atoms with Gasteiger partial charge in [0.25, 0.3) is 0 Å². The molecule has 1 aliphatic rings. The van der Waals surface area contributed by atoms with Crippen molar-refractivity contribution in [2.24, 2.45) is 0 Å². The van der Waals surface area contributed by atoms with Gasteiger partial charge in [0.1, 0.15) is 6.61 Å². The highest BCUT2D eigenvalue weighted by molar-refractivity contribution is 5.26. The van der Waals surface area contributed by atoms with Crippen LogP contribution in [-0.4, -0.2) is 10.2 Å². The summed E-state index contributed by atoms with van der Waals surface area (Å²) in [7, 11) is 0. The van der Waals surface area contributed by atoms with Crippen molar-refractivity contribution in [3.63, 3.8) is 0 Å². The number of H-pyrrole nitrogens is 1. The molecule has 1 N–H and O–H groups in total. The average Bonchev–Trinajstić information content (AvgIpc) is 1.85. The van der Waals surface area contributed by atoms with E-state index >= 15 is 0 Å². The van der Waals surface area contributed by atoms with Crippen LogP contribution in [0.3, 0.4) is 0 Å². The van der Waals surface area contributed by atoms with Gasteiger partial charge in [-0.3, -0.25) is 5.10 Å². The van der Waals surface area contributed by atoms with E-state index in [0.29, 0.717) is 12.5 Å². The van der Waals surface area contributed by atoms with E-state index in [4.69, 9.17) is 4.74 Å². The van der Waals surface area contributed by atoms with E-state index in [0.717, 1.165) is 5.56 Å². The second-order valence-corrected chi connectivity index (χ2v) is 1.42. The van der Waals surface area contributed by atoms with Crippen LogP contribution >= 0.6 is 0 Å². The molecule has 35 valence electrons. The third-order valence-corrected chi connectivity index (χ3v) is 0.976. The van der Waals surface area contributed by atoms with Crippen molar-refractivity contribution < 1.29 is 4.74 Å². The Morgan fingerprint density at radius 3 is 3.14 bits per heavy atom. The van der Waals surface area contributed by atoms with E-state index in [2.05, 4.69) is 16.4 Å². The molecule has 1 aromatic heterocycles. The molecule has 0 aliphatic carbocycles. The molecule has 0 amide bonds. The minimum atomic E-state index is 0.672. The SMILES string of the molecule is [c]1[nH]nc2c1CO2. The van der Waals surface area contributed by atoms with Gasteiger partial charge in [0.15, 0.2) is 0 Å². The summed E-state index contributed by atoms with van der Waals surface area (Å²) >= 11 is 0. The van der Waals surface area contributed by atoms with Gasteiger partial charge in [0.05, 0.1) is 11.8 Å². The molecule has 3 heteroatoms. The fraction of sp³-hybridized carbons (Fsp3) is 0.250. The Hall–Kier alpha value is -0.990. The van der Waals surface area contributed by atoms with E-state index in [9.17, 15) is 0 Å². The number of aromatic amines is 1. The monoisotopic (exact) mass is 95.0 g/mol. The van der Waals surface area contributed by atoms with Gasteiger partial charge in [-0.05, 0) is 0 Å². The standard InChI is InChI=1S/C4H3N2O/c1-3-2-7-4(3)6-5-1/h2H2,(H,5,6). The van der Waals surface area contributed by atoms with Crippen LogP contribution in [0, 0.1) is 6.20 Å². The van der Waals surface area contributed by atoms with Crippen LogP contribution in [0.5, 0.6) is 5.88 Å². The summed E-state index contributed by atoms with van der Waals surface area (Å²) < 4.78 is 4.84. The molecule has 1 aliphatic heterocycles. The molecular formula is C4H3N2O. The lowest BCUT2D eigenvalue weighted by Gasteiger charge is -2.10. The van der Waals surface area contributed by atoms with Crippen molar-refractivity contribution in [2.45, 2.75) is 6.61 Å². The number of hydrogen-bond acceptors (Lipinski definition) is 2. The summed E-state index contributed by atoms with van der Waals surface area (Å²) in [5, 5.41) is 6.26. The second kappa shape index (κ2) is 0.804. The number of nitrogens with zero attached hydrogens (tertiary/aromatic N) is 1. The predicted octanol–water partition coefficient (Wildman–Crippen LogP) is 0.102. The van der Waals surface area contributed by atoms with Gasteiger partial charge < -0.3 is 4.74 Å². The van der Waals surface area contributed by atoms with Gasteiger partial charge in [-0.1, -0.05) is 0 Å². The summed E-state index contributed by atoms with van der Waals surface area (Å²) in [5.74, 6) is 0.708. The third kappa shape index (κ3) is 0.231. The molecule has 0 fully saturated rings. The maximum absolute atomic E-state index is 4.84. The normalized spacial score (nSPS) is 14.3. The summed E-state index contributed by atoms with van der Waals surface area (Å²) in [6.07, 6.45) is 2.79. The minimum Gasteiger partial charge on any atom is -0.471 e. The van der Waals surface area contributed by atoms with Crippen LogP contribution < -0.4 is 4.74 Å². The number of fused-ring (bicyclic) bond motifs is 1. The Morgan fingerprint density at radius 2 is 2.86 bits per heavy atom. The number of nitrogens with one attached hydrogen (secondary N) is 1. The zero-order valence-electron chi connectivity index (χ0n) is 3.56. The van der Waals surface area contributed by atoms with E-state index in [-0.39, 0.29) is 0 Å². The number of ether oxygens (including phenoxy) is 1. The van der Waals surface area contributed by atoms with Gasteiger partial charge in [-0.15, -0.1) is 5.10 Å². The largest absolute Gasteiger partial charge is 0.471 e. The molecule has 0 bridgehead atoms. The Morgan fingerprint density at radius 1 is 1.86 bits per heavy atom. The molecule has 1 aromatic rings. The molecular weight excluding hydrogens is 92.1 g/mol. The molecule has 0 aromatic carbocycles. The minimum absolute atomic E-state index is 0.672. The van der Waals surface area contributed by atoms with Gasteiger partial charge in [-0.2, -0.15) is 0 Å². The fourth-order valence-corrected chi connectivity index (χ4v) is 0.544. The first-order valence-corrected chi connectivity index (χ1v) is 2.04. The summed E-state index contributed by atoms with van der Waals surface area (Å²) in [5.41, 5.74) is 1.06. The van der Waals surface area contributed by atoms with Crippen LogP contribution in [0.4, 0.5) is 0 Å². The van der Waals surface area contributed by atoms with Crippen LogP contribution in [0.15, 0.2) is 0 Å². The molecule has 0 atom stereocenters. The Balaban J connectivity index is 2.69. The molecule has 1 radical (unpaired) electrons. The number of hydrogen-bond donors (Lipinski definition) is 1. The summed E-state index contributed by atoms with van der Waals surface area (Å²) in [4.78, 5) is 0. The second-order valence-electron chi connectivity index (χ2n) is 1.42. The van der Waals surface area contributed by atoms with Crippen LogP contribution in [-0.2, 0) is 6.61 Å². The first-order chi connectivity index (χ1) is 3.47. The first kappa shape index (κ1) is 3.07. The maximum atomic E-state index is 4.84. The molecule has 2 heterocycles. The lowest BCUT2D eigenvalue weighted by molar-refractivity contribution is 0.233. The number of rotatable bonds is 0. The molecule has 0 saturated carbocycles. The van der Waals surface area contributed by atoms with Crippen molar-refractivity contribution in [3.8, 4) is 5.88 Å². The smallest absolute Gasteiger partial charge is 0.240 e. The zero-order valence-corrected chi connectivity index (χ0v) is 3.56. The van der Waals surface area contributed by atoms with Gasteiger partial charge in [0.2, 0.25) is 5.88 Å². The average molecular weight is 95.1 g/mol. The van der Waals surface area contributed by atoms with Crippen molar-refractivity contribution in [1.29, 1.82) is 0 Å². The van der Waals surface area contributed by atoms with Crippen molar-refractivity contribution in [2.75, 3.05) is 0 Å². The Kier molecular flexibility index (Phi) is 0.353. The van der Waals surface area contributed by atoms with Crippen LogP contribution in [0.1, 0.15) is 5.56 Å². The first-order valence-electron chi connectivity index (χ1n) is 2.04. The Bertz CT molecular complexity index is 163. The van der Waals surface area contributed by atoms with Crippen molar-refractivity contribution in [3.05, 3.63) is 11.8 Å². The van der Waals surface area contributed by atoms with Crippen LogP contribution in [0.25, 0.3) is 0 Å². The number of aromatic nitrogens is 2. The highest BCUT2D eigenvalue weighted by atomic mass is 16.5. The lowest BCUT2D eigenvalue weighted by atomic mass is 10.3. The molecule has 2 rings (SSSR count). The summed E-state index contributed by atoms with van der Waals surface area (Å²) in [6, 6.07) is 0. The predicted molar refractivity (Wildman–Crippen MR) is 21.8 cm³/mol. The highest BCUT2D eigenvalue weighted by Gasteiger charge is 2.16. The lowest BCUT2D eigenvalue weighted by Crippen LogP contribution is -2.06. The zero-order chi connectivity index (χ0) is 4.69. The highest BCUT2D eigenvalue weighted by Crippen LogP contribution is 2.23. The molecule has 7 heavy (non-hydrogen) atoms. The van der Waals surface area contributed by atoms with Gasteiger partial charge in [0, 0.05) is 0 Å². The van der Waals surface area contributed by atoms with E-state index in [1.165, 1.54) is 0 Å².